The minimum Gasteiger partial charge on any atom is -0.491 e. The van der Waals surface area contributed by atoms with E-state index < -0.39 is 57.9 Å². The van der Waals surface area contributed by atoms with Crippen molar-refractivity contribution in [2.45, 2.75) is 12.7 Å². The number of alkyl halides is 3. The van der Waals surface area contributed by atoms with Gasteiger partial charge in [0.25, 0.3) is 0 Å². The first-order valence-electron chi connectivity index (χ1n) is 9.68. The van der Waals surface area contributed by atoms with Crippen LogP contribution in [0.15, 0.2) is 30.5 Å². The molecule has 12 nitrogen and oxygen atoms in total. The Balaban J connectivity index is 2.45. The average Bonchev–Trinajstić information content (AvgIpc) is 2.77. The van der Waals surface area contributed by atoms with E-state index in [0.29, 0.717) is 12.3 Å². The topological polar surface area (TPSA) is 170 Å². The lowest BCUT2D eigenvalue weighted by atomic mass is 10.2. The number of amides is 2. The van der Waals surface area contributed by atoms with Gasteiger partial charge in [-0.25, -0.2) is 9.78 Å². The summed E-state index contributed by atoms with van der Waals surface area (Å²) in [6.45, 7) is -1.40. The lowest BCUT2D eigenvalue weighted by Gasteiger charge is -2.21. The summed E-state index contributed by atoms with van der Waals surface area (Å²) in [5.74, 6) is -1.59. The van der Waals surface area contributed by atoms with Crippen LogP contribution in [0, 0.1) is 0 Å². The third-order valence-electron chi connectivity index (χ3n) is 4.18. The van der Waals surface area contributed by atoms with E-state index in [1.807, 2.05) is 0 Å². The van der Waals surface area contributed by atoms with Gasteiger partial charge in [0.1, 0.15) is 23.1 Å². The Kier molecular flexibility index (Phi) is 9.69. The number of benzene rings is 1. The van der Waals surface area contributed by atoms with Gasteiger partial charge in [0.05, 0.1) is 25.3 Å². The van der Waals surface area contributed by atoms with Crippen molar-refractivity contribution < 1.29 is 50.5 Å². The largest absolute Gasteiger partial charge is 0.491 e. The first-order valence-corrected chi connectivity index (χ1v) is 11.5. The number of nitrogens with two attached hydrogens (primary N) is 1. The molecule has 0 bridgehead atoms. The molecule has 4 N–H and O–H groups in total. The molecule has 1 aromatic heterocycles. The molecule has 2 rings (SSSR count). The minimum atomic E-state index is -4.75. The third-order valence-corrected chi connectivity index (χ3v) is 5.83. The van der Waals surface area contributed by atoms with Gasteiger partial charge in [0.2, 0.25) is 11.8 Å². The van der Waals surface area contributed by atoms with Crippen molar-refractivity contribution >= 4 is 33.8 Å². The number of hydrogen-bond donors (Lipinski definition) is 3. The van der Waals surface area contributed by atoms with E-state index in [4.69, 9.17) is 31.5 Å². The average molecular weight is 557 g/mol. The smallest absolute Gasteiger partial charge is 0.422 e. The number of ether oxygens (including phenoxy) is 3. The summed E-state index contributed by atoms with van der Waals surface area (Å²) in [5, 5.41) is 8.92. The van der Waals surface area contributed by atoms with Gasteiger partial charge in [-0.15, -0.1) is 0 Å². The van der Waals surface area contributed by atoms with Crippen LogP contribution < -0.4 is 19.9 Å². The van der Waals surface area contributed by atoms with Crippen molar-refractivity contribution in [2.75, 3.05) is 26.9 Å². The minimum absolute atomic E-state index is 0.0363. The molecule has 198 valence electrons. The molecular formula is C19H20ClF3N4O8S. The lowest BCUT2D eigenvalue weighted by Crippen LogP contribution is -2.45. The van der Waals surface area contributed by atoms with Crippen LogP contribution >= 0.6 is 11.6 Å². The first kappa shape index (κ1) is 28.9. The molecule has 0 aliphatic heterocycles. The highest BCUT2D eigenvalue weighted by Crippen LogP contribution is 2.36. The maximum Gasteiger partial charge on any atom is 0.422 e. The molecule has 0 spiro atoms. The number of halogens is 4. The van der Waals surface area contributed by atoms with Gasteiger partial charge < -0.3 is 25.1 Å². The quantitative estimate of drug-likeness (QED) is 0.332. The molecule has 1 aromatic carbocycles. The van der Waals surface area contributed by atoms with E-state index in [9.17, 15) is 36.3 Å². The van der Waals surface area contributed by atoms with Crippen LogP contribution in [0.3, 0.4) is 0 Å². The summed E-state index contributed by atoms with van der Waals surface area (Å²) in [7, 11) is -3.31. The van der Waals surface area contributed by atoms with E-state index in [2.05, 4.69) is 4.98 Å². The Morgan fingerprint density at radius 3 is 2.50 bits per heavy atom. The van der Waals surface area contributed by atoms with Crippen molar-refractivity contribution in [1.82, 2.24) is 14.0 Å². The zero-order chi connectivity index (χ0) is 27.1. The van der Waals surface area contributed by atoms with Crippen molar-refractivity contribution in [3.05, 3.63) is 46.6 Å². The van der Waals surface area contributed by atoms with Crippen LogP contribution in [0.5, 0.6) is 17.4 Å². The van der Waals surface area contributed by atoms with Gasteiger partial charge in [0, 0.05) is 24.9 Å². The van der Waals surface area contributed by atoms with Crippen molar-refractivity contribution in [1.29, 1.82) is 0 Å². The van der Waals surface area contributed by atoms with Crippen LogP contribution in [0.1, 0.15) is 11.1 Å². The second kappa shape index (κ2) is 12.1. The molecule has 2 amide bonds. The molecule has 2 aromatic rings. The monoisotopic (exact) mass is 556 g/mol. The number of hydrogen-bond acceptors (Lipinski definition) is 8. The summed E-state index contributed by atoms with van der Waals surface area (Å²) in [4.78, 5) is 26.1. The molecule has 0 aliphatic carbocycles. The fourth-order valence-corrected chi connectivity index (χ4v) is 3.70. The highest BCUT2D eigenvalue weighted by molar-refractivity contribution is 7.87. The van der Waals surface area contributed by atoms with E-state index in [-0.39, 0.29) is 34.6 Å². The molecule has 0 atom stereocenters. The summed E-state index contributed by atoms with van der Waals surface area (Å²) in [6, 6.07) is 4.42. The Labute approximate surface area is 207 Å². The van der Waals surface area contributed by atoms with Crippen LogP contribution in [0.2, 0.25) is 5.02 Å². The number of rotatable bonds is 12. The maximum absolute atomic E-state index is 12.9. The predicted molar refractivity (Wildman–Crippen MR) is 118 cm³/mol. The molecule has 0 saturated heterocycles. The summed E-state index contributed by atoms with van der Waals surface area (Å²) < 4.78 is 81.0. The SMILES string of the molecule is COCCOc1ccc(CN(C(=O)O)S(=O)(=O)NCC(N)=O)c(Oc2ncc(C(F)(F)F)cc2Cl)c1. The molecule has 17 heteroatoms. The summed E-state index contributed by atoms with van der Waals surface area (Å²) in [6.07, 6.45) is -6.16. The molecule has 0 unspecified atom stereocenters. The number of nitrogens with zero attached hydrogens (tertiary/aromatic N) is 2. The van der Waals surface area contributed by atoms with E-state index in [0.717, 1.165) is 0 Å². The Hall–Kier alpha value is -3.34. The van der Waals surface area contributed by atoms with Crippen molar-refractivity contribution in [3.8, 4) is 17.4 Å². The van der Waals surface area contributed by atoms with Crippen LogP contribution in [-0.4, -0.2) is 61.7 Å². The number of aromatic nitrogens is 1. The molecule has 1 heterocycles. The van der Waals surface area contributed by atoms with Gasteiger partial charge in [-0.1, -0.05) is 11.6 Å². The highest BCUT2D eigenvalue weighted by Gasteiger charge is 2.32. The van der Waals surface area contributed by atoms with Gasteiger partial charge in [-0.2, -0.15) is 30.6 Å². The molecule has 0 radical (unpaired) electrons. The first-order chi connectivity index (χ1) is 16.7. The Bertz CT molecular complexity index is 1210. The molecular weight excluding hydrogens is 537 g/mol. The third kappa shape index (κ3) is 8.11. The maximum atomic E-state index is 12.9. The normalized spacial score (nSPS) is 11.7. The predicted octanol–water partition coefficient (Wildman–Crippen LogP) is 2.37. The number of carboxylic acid groups (broad SMARTS) is 1. The Morgan fingerprint density at radius 2 is 1.94 bits per heavy atom. The standard InChI is InChI=1S/C19H20ClF3N4O8S/c1-33-4-5-34-13-3-2-11(10-27(18(29)30)36(31,32)26-9-16(24)28)15(7-13)35-17-14(20)6-12(8-25-17)19(21,22)23/h2-3,6-8,26H,4-5,9-10H2,1H3,(H2,24,28)(H,29,30). The van der Waals surface area contributed by atoms with Crippen molar-refractivity contribution in [2.24, 2.45) is 5.73 Å². The zero-order valence-corrected chi connectivity index (χ0v) is 20.0. The number of nitrogens with one attached hydrogen (secondary N) is 1. The molecule has 0 saturated carbocycles. The van der Waals surface area contributed by atoms with Gasteiger partial charge in [-0.05, 0) is 18.2 Å². The summed E-state index contributed by atoms with van der Waals surface area (Å²) in [5.41, 5.74) is 3.68. The number of methoxy groups -OCH3 is 1. The van der Waals surface area contributed by atoms with E-state index in [1.54, 1.807) is 4.72 Å². The van der Waals surface area contributed by atoms with E-state index in [1.165, 1.54) is 25.3 Å². The fraction of sp³-hybridized carbons (Fsp3) is 0.316. The second-order valence-corrected chi connectivity index (χ2v) is 8.89. The highest BCUT2D eigenvalue weighted by atomic mass is 35.5. The molecule has 0 aliphatic rings. The molecule has 36 heavy (non-hydrogen) atoms. The van der Waals surface area contributed by atoms with Crippen molar-refractivity contribution in [3.63, 3.8) is 0 Å². The lowest BCUT2D eigenvalue weighted by molar-refractivity contribution is -0.137. The number of carbonyl (C=O) groups excluding carboxylic acids is 1. The van der Waals surface area contributed by atoms with Crippen LogP contribution in [0.4, 0.5) is 18.0 Å². The van der Waals surface area contributed by atoms with Gasteiger partial charge in [-0.3, -0.25) is 4.79 Å². The second-order valence-electron chi connectivity index (χ2n) is 6.80. The zero-order valence-electron chi connectivity index (χ0n) is 18.4. The van der Waals surface area contributed by atoms with Crippen LogP contribution in [0.25, 0.3) is 0 Å². The van der Waals surface area contributed by atoms with Crippen LogP contribution in [-0.2, 0) is 32.5 Å². The Morgan fingerprint density at radius 1 is 1.25 bits per heavy atom. The number of carbonyl (C=O) groups is 2. The van der Waals surface area contributed by atoms with Gasteiger partial charge in [0.15, 0.2) is 0 Å². The number of pyridine rings is 1. The van der Waals surface area contributed by atoms with Gasteiger partial charge >= 0.3 is 22.5 Å². The fourth-order valence-electron chi connectivity index (χ4n) is 2.50. The number of primary amides is 1. The van der Waals surface area contributed by atoms with E-state index >= 15 is 0 Å². The molecule has 0 fully saturated rings. The summed E-state index contributed by atoms with van der Waals surface area (Å²) >= 11 is 5.89.